The number of hydrogen-bond acceptors (Lipinski definition) is 2. The number of aryl methyl sites for hydroxylation is 3. The van der Waals surface area contributed by atoms with E-state index in [4.69, 9.17) is 10.5 Å². The maximum absolute atomic E-state index is 6.46. The molecule has 2 atom stereocenters. The molecule has 0 spiro atoms. The van der Waals surface area contributed by atoms with Gasteiger partial charge in [-0.1, -0.05) is 17.7 Å². The Bertz CT molecular complexity index is 396. The van der Waals surface area contributed by atoms with Gasteiger partial charge in [-0.2, -0.15) is 0 Å². The van der Waals surface area contributed by atoms with Gasteiger partial charge in [0.1, 0.15) is 0 Å². The molecular formula is C15H23NO. The first kappa shape index (κ1) is 12.6. The zero-order chi connectivity index (χ0) is 12.6. The van der Waals surface area contributed by atoms with Crippen LogP contribution in [0.5, 0.6) is 0 Å². The van der Waals surface area contributed by atoms with Crippen molar-refractivity contribution in [1.29, 1.82) is 0 Å². The van der Waals surface area contributed by atoms with Crippen LogP contribution in [0.15, 0.2) is 12.1 Å². The number of benzene rings is 1. The predicted octanol–water partition coefficient (Wildman–Crippen LogP) is 3.18. The fourth-order valence-corrected chi connectivity index (χ4v) is 3.03. The van der Waals surface area contributed by atoms with Gasteiger partial charge in [-0.05, 0) is 57.2 Å². The van der Waals surface area contributed by atoms with Crippen molar-refractivity contribution in [1.82, 2.24) is 0 Å². The van der Waals surface area contributed by atoms with Gasteiger partial charge in [-0.3, -0.25) is 0 Å². The minimum atomic E-state index is -0.190. The Balaban J connectivity index is 2.40. The fraction of sp³-hybridized carbons (Fsp3) is 0.600. The molecule has 2 unspecified atom stereocenters. The fourth-order valence-electron chi connectivity index (χ4n) is 3.03. The van der Waals surface area contributed by atoms with Crippen LogP contribution in [0.2, 0.25) is 0 Å². The van der Waals surface area contributed by atoms with Gasteiger partial charge in [-0.15, -0.1) is 0 Å². The molecule has 2 nitrogen and oxygen atoms in total. The summed E-state index contributed by atoms with van der Waals surface area (Å²) in [6.07, 6.45) is 2.18. The maximum Gasteiger partial charge on any atom is 0.0847 e. The van der Waals surface area contributed by atoms with Crippen molar-refractivity contribution in [2.75, 3.05) is 6.61 Å². The summed E-state index contributed by atoms with van der Waals surface area (Å²) in [7, 11) is 0. The molecule has 1 aromatic rings. The van der Waals surface area contributed by atoms with E-state index >= 15 is 0 Å². The van der Waals surface area contributed by atoms with E-state index in [2.05, 4.69) is 39.8 Å². The molecule has 1 heterocycles. The molecule has 0 radical (unpaired) electrons. The highest BCUT2D eigenvalue weighted by Crippen LogP contribution is 2.38. The van der Waals surface area contributed by atoms with Crippen LogP contribution in [0.3, 0.4) is 0 Å². The second kappa shape index (κ2) is 4.43. The first-order chi connectivity index (χ1) is 7.94. The van der Waals surface area contributed by atoms with E-state index in [1.807, 2.05) is 0 Å². The lowest BCUT2D eigenvalue weighted by molar-refractivity contribution is -0.00204. The molecule has 17 heavy (non-hydrogen) atoms. The highest BCUT2D eigenvalue weighted by atomic mass is 16.5. The summed E-state index contributed by atoms with van der Waals surface area (Å²) in [6.45, 7) is 9.40. The molecule has 2 heteroatoms. The monoisotopic (exact) mass is 233 g/mol. The molecular weight excluding hydrogens is 210 g/mol. The van der Waals surface area contributed by atoms with Crippen LogP contribution < -0.4 is 5.73 Å². The Morgan fingerprint density at radius 3 is 2.29 bits per heavy atom. The Morgan fingerprint density at radius 2 is 1.82 bits per heavy atom. The van der Waals surface area contributed by atoms with Crippen LogP contribution in [-0.2, 0) is 4.74 Å². The van der Waals surface area contributed by atoms with Crippen LogP contribution in [0.25, 0.3) is 0 Å². The Labute approximate surface area is 104 Å². The van der Waals surface area contributed by atoms with Crippen molar-refractivity contribution >= 4 is 0 Å². The average Bonchev–Trinajstić information content (AvgIpc) is 2.64. The summed E-state index contributed by atoms with van der Waals surface area (Å²) in [5.41, 5.74) is 11.4. The highest BCUT2D eigenvalue weighted by molar-refractivity contribution is 5.40. The third kappa shape index (κ3) is 2.24. The van der Waals surface area contributed by atoms with E-state index in [-0.39, 0.29) is 11.6 Å². The highest BCUT2D eigenvalue weighted by Gasteiger charge is 2.38. The van der Waals surface area contributed by atoms with E-state index < -0.39 is 0 Å². The summed E-state index contributed by atoms with van der Waals surface area (Å²) in [5.74, 6) is 0. The molecule has 0 aliphatic carbocycles. The van der Waals surface area contributed by atoms with Gasteiger partial charge in [0.2, 0.25) is 0 Å². The molecule has 0 aromatic heterocycles. The largest absolute Gasteiger partial charge is 0.373 e. The van der Waals surface area contributed by atoms with E-state index in [0.29, 0.717) is 0 Å². The molecule has 1 aliphatic heterocycles. The average molecular weight is 233 g/mol. The molecule has 94 valence electrons. The van der Waals surface area contributed by atoms with Crippen LogP contribution in [-0.4, -0.2) is 12.2 Å². The number of hydrogen-bond donors (Lipinski definition) is 1. The molecule has 2 rings (SSSR count). The summed E-state index contributed by atoms with van der Waals surface area (Å²) < 4.78 is 5.87. The van der Waals surface area contributed by atoms with Crippen molar-refractivity contribution in [3.63, 3.8) is 0 Å². The van der Waals surface area contributed by atoms with Gasteiger partial charge in [0.25, 0.3) is 0 Å². The van der Waals surface area contributed by atoms with Crippen molar-refractivity contribution < 1.29 is 4.74 Å². The van der Waals surface area contributed by atoms with Crippen molar-refractivity contribution in [2.45, 2.75) is 52.2 Å². The van der Waals surface area contributed by atoms with Crippen molar-refractivity contribution in [3.8, 4) is 0 Å². The lowest BCUT2D eigenvalue weighted by Crippen LogP contribution is -2.38. The second-order valence-corrected chi connectivity index (χ2v) is 5.55. The van der Waals surface area contributed by atoms with Gasteiger partial charge >= 0.3 is 0 Å². The standard InChI is InChI=1S/C15H23NO/c1-10-8-11(2)13(12(3)9-10)14(16)15(4)6-5-7-17-15/h8-9,14H,5-7,16H2,1-4H3. The third-order valence-electron chi connectivity index (χ3n) is 3.96. The normalized spacial score (nSPS) is 26.2. The van der Waals surface area contributed by atoms with E-state index in [1.165, 1.54) is 22.3 Å². The number of nitrogens with two attached hydrogens (primary N) is 1. The number of ether oxygens (including phenoxy) is 1. The van der Waals surface area contributed by atoms with Gasteiger partial charge in [-0.25, -0.2) is 0 Å². The van der Waals surface area contributed by atoms with Crippen molar-refractivity contribution in [3.05, 3.63) is 34.4 Å². The summed E-state index contributed by atoms with van der Waals surface area (Å²) in [5, 5.41) is 0. The zero-order valence-electron chi connectivity index (χ0n) is 11.3. The minimum absolute atomic E-state index is 0.0226. The van der Waals surface area contributed by atoms with Crippen LogP contribution >= 0.6 is 0 Å². The van der Waals surface area contributed by atoms with E-state index in [0.717, 1.165) is 19.4 Å². The first-order valence-corrected chi connectivity index (χ1v) is 6.41. The van der Waals surface area contributed by atoms with E-state index in [9.17, 15) is 0 Å². The lowest BCUT2D eigenvalue weighted by Gasteiger charge is -2.32. The van der Waals surface area contributed by atoms with Crippen molar-refractivity contribution in [2.24, 2.45) is 5.73 Å². The smallest absolute Gasteiger partial charge is 0.0847 e. The second-order valence-electron chi connectivity index (χ2n) is 5.55. The van der Waals surface area contributed by atoms with Gasteiger partial charge < -0.3 is 10.5 Å². The molecule has 0 bridgehead atoms. The van der Waals surface area contributed by atoms with Gasteiger partial charge in [0, 0.05) is 6.61 Å². The number of rotatable bonds is 2. The molecule has 0 amide bonds. The molecule has 1 aliphatic rings. The summed E-state index contributed by atoms with van der Waals surface area (Å²) >= 11 is 0. The Hall–Kier alpha value is -0.860. The van der Waals surface area contributed by atoms with Crippen LogP contribution in [0, 0.1) is 20.8 Å². The third-order valence-corrected chi connectivity index (χ3v) is 3.96. The van der Waals surface area contributed by atoms with Gasteiger partial charge in [0.15, 0.2) is 0 Å². The molecule has 1 aromatic carbocycles. The molecule has 2 N–H and O–H groups in total. The quantitative estimate of drug-likeness (QED) is 0.851. The Kier molecular flexibility index (Phi) is 3.28. The van der Waals surface area contributed by atoms with Crippen LogP contribution in [0.1, 0.15) is 48.1 Å². The first-order valence-electron chi connectivity index (χ1n) is 6.41. The molecule has 0 saturated carbocycles. The molecule has 1 fully saturated rings. The van der Waals surface area contributed by atoms with Crippen LogP contribution in [0.4, 0.5) is 0 Å². The summed E-state index contributed by atoms with van der Waals surface area (Å²) in [6, 6.07) is 4.40. The lowest BCUT2D eigenvalue weighted by atomic mass is 9.83. The SMILES string of the molecule is Cc1cc(C)c(C(N)C2(C)CCCO2)c(C)c1. The maximum atomic E-state index is 6.46. The minimum Gasteiger partial charge on any atom is -0.373 e. The predicted molar refractivity (Wildman–Crippen MR) is 71.2 cm³/mol. The Morgan fingerprint density at radius 1 is 1.24 bits per heavy atom. The molecule has 1 saturated heterocycles. The summed E-state index contributed by atoms with van der Waals surface area (Å²) in [4.78, 5) is 0. The topological polar surface area (TPSA) is 35.2 Å². The van der Waals surface area contributed by atoms with Gasteiger partial charge in [0.05, 0.1) is 11.6 Å². The van der Waals surface area contributed by atoms with E-state index in [1.54, 1.807) is 0 Å². The zero-order valence-corrected chi connectivity index (χ0v) is 11.3.